The lowest BCUT2D eigenvalue weighted by Crippen LogP contribution is -2.18. The summed E-state index contributed by atoms with van der Waals surface area (Å²) < 4.78 is 9.18. The molecule has 0 N–H and O–H groups in total. The van der Waals surface area contributed by atoms with Crippen LogP contribution in [0.15, 0.2) is 12.3 Å². The van der Waals surface area contributed by atoms with Crippen LogP contribution in [-0.4, -0.2) is 40.9 Å². The number of alkyl halides is 3. The van der Waals surface area contributed by atoms with E-state index in [-0.39, 0.29) is 17.3 Å². The van der Waals surface area contributed by atoms with Crippen molar-refractivity contribution in [3.63, 3.8) is 0 Å². The second kappa shape index (κ2) is 6.80. The average molecular weight is 343 g/mol. The average Bonchev–Trinajstić information content (AvgIpc) is 2.80. The fourth-order valence-corrected chi connectivity index (χ4v) is 2.05. The number of hydrogen-bond acceptors (Lipinski definition) is 4. The predicted molar refractivity (Wildman–Crippen MR) is 77.0 cm³/mol. The molecular formula is C12H14Cl3NO4. The molecule has 0 saturated carbocycles. The Balaban J connectivity index is 3.25. The molecule has 0 aliphatic heterocycles. The summed E-state index contributed by atoms with van der Waals surface area (Å²) in [6, 6.07) is 1.15. The zero-order valence-corrected chi connectivity index (χ0v) is 13.4. The third-order valence-electron chi connectivity index (χ3n) is 2.65. The summed E-state index contributed by atoms with van der Waals surface area (Å²) in [7, 11) is 2.78. The molecule has 0 amide bonds. The van der Waals surface area contributed by atoms with Gasteiger partial charge < -0.3 is 14.0 Å². The number of carbonyl (C=O) groups excluding carboxylic acids is 2. The van der Waals surface area contributed by atoms with Crippen LogP contribution >= 0.6 is 34.8 Å². The van der Waals surface area contributed by atoms with Crippen molar-refractivity contribution < 1.29 is 19.1 Å². The van der Waals surface area contributed by atoms with Crippen LogP contribution in [0.5, 0.6) is 0 Å². The Labute approximate surface area is 131 Å². The molecule has 112 valence electrons. The van der Waals surface area contributed by atoms with Crippen LogP contribution in [0.2, 0.25) is 0 Å². The van der Waals surface area contributed by atoms with E-state index in [0.717, 1.165) is 0 Å². The van der Waals surface area contributed by atoms with Crippen molar-refractivity contribution in [2.24, 2.45) is 0 Å². The Morgan fingerprint density at radius 2 is 1.95 bits per heavy atom. The van der Waals surface area contributed by atoms with Crippen LogP contribution in [0.1, 0.15) is 33.8 Å². The molecule has 0 spiro atoms. The molecule has 0 aliphatic rings. The maximum atomic E-state index is 11.9. The smallest absolute Gasteiger partial charge is 0.354 e. The fourth-order valence-electron chi connectivity index (χ4n) is 1.72. The van der Waals surface area contributed by atoms with Gasteiger partial charge in [-0.25, -0.2) is 4.79 Å². The van der Waals surface area contributed by atoms with Crippen LogP contribution < -0.4 is 0 Å². The quantitative estimate of drug-likeness (QED) is 0.469. The molecule has 1 unspecified atom stereocenters. The van der Waals surface area contributed by atoms with Crippen LogP contribution in [0.4, 0.5) is 0 Å². The van der Waals surface area contributed by atoms with Crippen LogP contribution in [0.25, 0.3) is 0 Å². The highest BCUT2D eigenvalue weighted by Crippen LogP contribution is 2.31. The highest BCUT2D eigenvalue weighted by molar-refractivity contribution is 6.77. The number of rotatable bonds is 5. The lowest BCUT2D eigenvalue weighted by Gasteiger charge is -2.15. The molecule has 1 heterocycles. The molecule has 1 rings (SSSR count). The molecular weight excluding hydrogens is 328 g/mol. The van der Waals surface area contributed by atoms with Gasteiger partial charge in [-0.05, 0) is 13.0 Å². The van der Waals surface area contributed by atoms with Gasteiger partial charge in [-0.15, -0.1) is 0 Å². The maximum absolute atomic E-state index is 11.9. The Morgan fingerprint density at radius 1 is 1.35 bits per heavy atom. The minimum absolute atomic E-state index is 0.119. The van der Waals surface area contributed by atoms with Crippen molar-refractivity contribution in [2.75, 3.05) is 20.8 Å². The third-order valence-corrected chi connectivity index (χ3v) is 3.16. The molecule has 0 aromatic carbocycles. The topological polar surface area (TPSA) is 57.5 Å². The van der Waals surface area contributed by atoms with Gasteiger partial charge in [0.15, 0.2) is 0 Å². The minimum atomic E-state index is -2.08. The Morgan fingerprint density at radius 3 is 2.40 bits per heavy atom. The van der Waals surface area contributed by atoms with E-state index >= 15 is 0 Å². The fraction of sp³-hybridized carbons (Fsp3) is 0.500. The normalized spacial score (nSPS) is 13.1. The summed E-state index contributed by atoms with van der Waals surface area (Å²) in [5.74, 6) is -1.30. The number of esters is 1. The first-order valence-electron chi connectivity index (χ1n) is 5.63. The van der Waals surface area contributed by atoms with E-state index in [2.05, 4.69) is 4.74 Å². The van der Waals surface area contributed by atoms with Gasteiger partial charge in [-0.3, -0.25) is 4.79 Å². The number of halogens is 3. The van der Waals surface area contributed by atoms with E-state index in [0.29, 0.717) is 6.61 Å². The standard InChI is InChI=1S/C12H14Cl3NO4/c1-7(6-19-2)16-5-8(10(17)12(13,14)15)4-9(16)11(18)20-3/h4-5,7H,6H2,1-3H3. The molecule has 1 atom stereocenters. The lowest BCUT2D eigenvalue weighted by molar-refractivity contribution is 0.0581. The van der Waals surface area contributed by atoms with Gasteiger partial charge in [0.25, 0.3) is 3.79 Å². The Hall–Kier alpha value is -0.750. The summed E-state index contributed by atoms with van der Waals surface area (Å²) >= 11 is 16.7. The minimum Gasteiger partial charge on any atom is -0.464 e. The van der Waals surface area contributed by atoms with Gasteiger partial charge in [0, 0.05) is 18.9 Å². The predicted octanol–water partition coefficient (Wildman–Crippen LogP) is 3.04. The van der Waals surface area contributed by atoms with Crippen molar-refractivity contribution in [2.45, 2.75) is 16.8 Å². The van der Waals surface area contributed by atoms with Gasteiger partial charge in [-0.1, -0.05) is 34.8 Å². The number of aromatic nitrogens is 1. The van der Waals surface area contributed by atoms with E-state index in [1.807, 2.05) is 6.92 Å². The molecule has 0 saturated heterocycles. The van der Waals surface area contributed by atoms with Crippen LogP contribution in [-0.2, 0) is 9.47 Å². The van der Waals surface area contributed by atoms with Crippen LogP contribution in [0, 0.1) is 0 Å². The van der Waals surface area contributed by atoms with Gasteiger partial charge >= 0.3 is 5.97 Å². The molecule has 5 nitrogen and oxygen atoms in total. The largest absolute Gasteiger partial charge is 0.464 e. The Kier molecular flexibility index (Phi) is 5.89. The van der Waals surface area contributed by atoms with Crippen LogP contribution in [0.3, 0.4) is 0 Å². The van der Waals surface area contributed by atoms with Crippen molar-refractivity contribution in [1.29, 1.82) is 0 Å². The van der Waals surface area contributed by atoms with E-state index in [9.17, 15) is 9.59 Å². The first-order valence-corrected chi connectivity index (χ1v) is 6.76. The zero-order valence-electron chi connectivity index (χ0n) is 11.2. The zero-order chi connectivity index (χ0) is 15.5. The first kappa shape index (κ1) is 17.3. The third kappa shape index (κ3) is 3.88. The lowest BCUT2D eigenvalue weighted by atomic mass is 10.2. The van der Waals surface area contributed by atoms with Crippen molar-refractivity contribution in [3.05, 3.63) is 23.5 Å². The number of carbonyl (C=O) groups is 2. The van der Waals surface area contributed by atoms with Gasteiger partial charge in [-0.2, -0.15) is 0 Å². The highest BCUT2D eigenvalue weighted by Gasteiger charge is 2.34. The van der Waals surface area contributed by atoms with E-state index in [1.54, 1.807) is 4.57 Å². The SMILES string of the molecule is COCC(C)n1cc(C(=O)C(Cl)(Cl)Cl)cc1C(=O)OC. The van der Waals surface area contributed by atoms with E-state index < -0.39 is 15.5 Å². The molecule has 1 aromatic heterocycles. The van der Waals surface area contributed by atoms with Gasteiger partial charge in [0.2, 0.25) is 5.78 Å². The Bertz CT molecular complexity index is 507. The van der Waals surface area contributed by atoms with Crippen molar-refractivity contribution in [1.82, 2.24) is 4.57 Å². The van der Waals surface area contributed by atoms with E-state index in [4.69, 9.17) is 39.5 Å². The molecule has 0 radical (unpaired) electrons. The number of hydrogen-bond donors (Lipinski definition) is 0. The summed E-state index contributed by atoms with van der Waals surface area (Å²) in [6.45, 7) is 2.17. The van der Waals surface area contributed by atoms with Crippen molar-refractivity contribution >= 4 is 46.6 Å². The molecule has 0 bridgehead atoms. The second-order valence-electron chi connectivity index (χ2n) is 4.14. The van der Waals surface area contributed by atoms with Gasteiger partial charge in [0.1, 0.15) is 5.69 Å². The summed E-state index contributed by atoms with van der Waals surface area (Å²) in [4.78, 5) is 23.7. The molecule has 8 heteroatoms. The monoisotopic (exact) mass is 341 g/mol. The molecule has 0 fully saturated rings. The first-order chi connectivity index (χ1) is 9.22. The molecule has 1 aromatic rings. The molecule has 0 aliphatic carbocycles. The number of Topliss-reactive ketones (excluding diaryl/α,β-unsaturated/α-hetero) is 1. The highest BCUT2D eigenvalue weighted by atomic mass is 35.6. The number of methoxy groups -OCH3 is 2. The number of ketones is 1. The summed E-state index contributed by atoms with van der Waals surface area (Å²) in [6.07, 6.45) is 1.44. The number of ether oxygens (including phenoxy) is 2. The molecule has 20 heavy (non-hydrogen) atoms. The van der Waals surface area contributed by atoms with E-state index in [1.165, 1.54) is 26.5 Å². The van der Waals surface area contributed by atoms with Gasteiger partial charge in [0.05, 0.1) is 19.8 Å². The number of nitrogens with zero attached hydrogens (tertiary/aromatic N) is 1. The maximum Gasteiger partial charge on any atom is 0.354 e. The summed E-state index contributed by atoms with van der Waals surface area (Å²) in [5.41, 5.74) is 0.308. The second-order valence-corrected chi connectivity index (χ2v) is 6.43. The summed E-state index contributed by atoms with van der Waals surface area (Å²) in [5, 5.41) is 0. The van der Waals surface area contributed by atoms with Crippen molar-refractivity contribution in [3.8, 4) is 0 Å².